The zero-order valence-electron chi connectivity index (χ0n) is 15.3. The SMILES string of the molecule is CCCCN(C)C(=O)c1ccnc(C(=O)Nc2c(C)cccc2C)c1. The number of hydrogen-bond acceptors (Lipinski definition) is 3. The number of rotatable bonds is 6. The molecule has 2 amide bonds. The van der Waals surface area contributed by atoms with E-state index in [1.54, 1.807) is 24.1 Å². The van der Waals surface area contributed by atoms with Crippen LogP contribution in [0.2, 0.25) is 0 Å². The predicted octanol–water partition coefficient (Wildman–Crippen LogP) is 3.82. The fourth-order valence-corrected chi connectivity index (χ4v) is 2.59. The summed E-state index contributed by atoms with van der Waals surface area (Å²) in [6, 6.07) is 9.02. The van der Waals surface area contributed by atoms with E-state index in [4.69, 9.17) is 0 Å². The van der Waals surface area contributed by atoms with Crippen LogP contribution in [0.1, 0.15) is 51.7 Å². The molecule has 0 fully saturated rings. The first-order valence-corrected chi connectivity index (χ1v) is 8.53. The maximum atomic E-state index is 12.5. The Morgan fingerprint density at radius 1 is 1.16 bits per heavy atom. The van der Waals surface area contributed by atoms with Crippen molar-refractivity contribution in [3.63, 3.8) is 0 Å². The van der Waals surface area contributed by atoms with Crippen molar-refractivity contribution in [2.24, 2.45) is 0 Å². The number of carbonyl (C=O) groups excluding carboxylic acids is 2. The second-order valence-corrected chi connectivity index (χ2v) is 6.23. The molecule has 0 spiro atoms. The largest absolute Gasteiger partial charge is 0.342 e. The monoisotopic (exact) mass is 339 g/mol. The Labute approximate surface area is 149 Å². The molecule has 0 aliphatic rings. The number of pyridine rings is 1. The van der Waals surface area contributed by atoms with Crippen LogP contribution >= 0.6 is 0 Å². The third-order valence-corrected chi connectivity index (χ3v) is 4.15. The molecule has 0 unspecified atom stereocenters. The highest BCUT2D eigenvalue weighted by molar-refractivity contribution is 6.05. The van der Waals surface area contributed by atoms with E-state index in [1.165, 1.54) is 6.20 Å². The number of amides is 2. The molecular weight excluding hydrogens is 314 g/mol. The third-order valence-electron chi connectivity index (χ3n) is 4.15. The number of aromatic nitrogens is 1. The van der Waals surface area contributed by atoms with E-state index < -0.39 is 0 Å². The summed E-state index contributed by atoms with van der Waals surface area (Å²) in [6.45, 7) is 6.67. The number of nitrogens with zero attached hydrogens (tertiary/aromatic N) is 2. The van der Waals surface area contributed by atoms with Crippen LogP contribution in [0, 0.1) is 13.8 Å². The fraction of sp³-hybridized carbons (Fsp3) is 0.350. The summed E-state index contributed by atoms with van der Waals surface area (Å²) in [5, 5.41) is 2.90. The van der Waals surface area contributed by atoms with Gasteiger partial charge in [-0.3, -0.25) is 14.6 Å². The van der Waals surface area contributed by atoms with Crippen molar-refractivity contribution in [3.8, 4) is 0 Å². The van der Waals surface area contributed by atoms with Crippen LogP contribution in [0.15, 0.2) is 36.5 Å². The van der Waals surface area contributed by atoms with Gasteiger partial charge in [0.05, 0.1) is 0 Å². The molecule has 0 saturated heterocycles. The van der Waals surface area contributed by atoms with E-state index in [9.17, 15) is 9.59 Å². The van der Waals surface area contributed by atoms with Gasteiger partial charge in [-0.15, -0.1) is 0 Å². The number of carbonyl (C=O) groups is 2. The number of para-hydroxylation sites is 1. The Morgan fingerprint density at radius 3 is 2.48 bits per heavy atom. The van der Waals surface area contributed by atoms with E-state index in [2.05, 4.69) is 17.2 Å². The van der Waals surface area contributed by atoms with Gasteiger partial charge in [0.15, 0.2) is 0 Å². The second-order valence-electron chi connectivity index (χ2n) is 6.23. The molecule has 1 aromatic heterocycles. The smallest absolute Gasteiger partial charge is 0.274 e. The summed E-state index contributed by atoms with van der Waals surface area (Å²) in [7, 11) is 1.77. The van der Waals surface area contributed by atoms with Gasteiger partial charge >= 0.3 is 0 Å². The molecule has 25 heavy (non-hydrogen) atoms. The van der Waals surface area contributed by atoms with Crippen LogP contribution in [0.5, 0.6) is 0 Å². The summed E-state index contributed by atoms with van der Waals surface area (Å²) in [4.78, 5) is 30.8. The first-order chi connectivity index (χ1) is 11.9. The molecule has 5 heteroatoms. The van der Waals surface area contributed by atoms with Crippen LogP contribution in [0.3, 0.4) is 0 Å². The van der Waals surface area contributed by atoms with Crippen molar-refractivity contribution >= 4 is 17.5 Å². The average Bonchev–Trinajstić information content (AvgIpc) is 2.62. The van der Waals surface area contributed by atoms with Crippen molar-refractivity contribution < 1.29 is 9.59 Å². The molecule has 5 nitrogen and oxygen atoms in total. The average molecular weight is 339 g/mol. The van der Waals surface area contributed by atoms with Crippen LogP contribution in [-0.2, 0) is 0 Å². The van der Waals surface area contributed by atoms with Crippen molar-refractivity contribution in [1.29, 1.82) is 0 Å². The zero-order valence-corrected chi connectivity index (χ0v) is 15.3. The molecule has 1 heterocycles. The predicted molar refractivity (Wildman–Crippen MR) is 100.0 cm³/mol. The van der Waals surface area contributed by atoms with E-state index in [1.807, 2.05) is 32.0 Å². The topological polar surface area (TPSA) is 62.3 Å². The molecule has 0 atom stereocenters. The Balaban J connectivity index is 2.18. The lowest BCUT2D eigenvalue weighted by atomic mass is 10.1. The summed E-state index contributed by atoms with van der Waals surface area (Å²) in [5.41, 5.74) is 3.46. The quantitative estimate of drug-likeness (QED) is 0.870. The van der Waals surface area contributed by atoms with Crippen molar-refractivity contribution in [2.45, 2.75) is 33.6 Å². The summed E-state index contributed by atoms with van der Waals surface area (Å²) < 4.78 is 0. The zero-order chi connectivity index (χ0) is 18.4. The molecule has 0 aliphatic heterocycles. The molecule has 0 bridgehead atoms. The molecule has 0 aliphatic carbocycles. The number of anilines is 1. The fourth-order valence-electron chi connectivity index (χ4n) is 2.59. The van der Waals surface area contributed by atoms with E-state index in [0.717, 1.165) is 29.7 Å². The highest BCUT2D eigenvalue weighted by Crippen LogP contribution is 2.20. The lowest BCUT2D eigenvalue weighted by molar-refractivity contribution is 0.0793. The minimum atomic E-state index is -0.316. The highest BCUT2D eigenvalue weighted by Gasteiger charge is 2.16. The van der Waals surface area contributed by atoms with Crippen LogP contribution in [0.4, 0.5) is 5.69 Å². The number of aryl methyl sites for hydroxylation is 2. The van der Waals surface area contributed by atoms with Crippen LogP contribution < -0.4 is 5.32 Å². The standard InChI is InChI=1S/C20H25N3O2/c1-5-6-12-23(4)20(25)16-10-11-21-17(13-16)19(24)22-18-14(2)8-7-9-15(18)3/h7-11,13H,5-6,12H2,1-4H3,(H,22,24). The second kappa shape index (κ2) is 8.42. The van der Waals surface area contributed by atoms with Gasteiger partial charge in [-0.05, 0) is 43.5 Å². The molecule has 0 radical (unpaired) electrons. The van der Waals surface area contributed by atoms with Crippen molar-refractivity contribution in [3.05, 3.63) is 58.9 Å². The lowest BCUT2D eigenvalue weighted by Gasteiger charge is -2.17. The van der Waals surface area contributed by atoms with Crippen LogP contribution in [0.25, 0.3) is 0 Å². The van der Waals surface area contributed by atoms with Gasteiger partial charge in [0.1, 0.15) is 5.69 Å². The third kappa shape index (κ3) is 4.66. The van der Waals surface area contributed by atoms with E-state index in [-0.39, 0.29) is 17.5 Å². The maximum absolute atomic E-state index is 12.5. The number of hydrogen-bond donors (Lipinski definition) is 1. The Bertz CT molecular complexity index is 751. The number of nitrogens with one attached hydrogen (secondary N) is 1. The number of benzene rings is 1. The molecule has 1 N–H and O–H groups in total. The number of unbranched alkanes of at least 4 members (excludes halogenated alkanes) is 1. The molecule has 132 valence electrons. The van der Waals surface area contributed by atoms with Gasteiger partial charge < -0.3 is 10.2 Å². The Hall–Kier alpha value is -2.69. The summed E-state index contributed by atoms with van der Waals surface area (Å²) in [6.07, 6.45) is 3.48. The Kier molecular flexibility index (Phi) is 6.28. The van der Waals surface area contributed by atoms with Gasteiger partial charge in [0.25, 0.3) is 11.8 Å². The molecular formula is C20H25N3O2. The van der Waals surface area contributed by atoms with Crippen LogP contribution in [-0.4, -0.2) is 35.3 Å². The molecule has 1 aromatic carbocycles. The first kappa shape index (κ1) is 18.6. The summed E-state index contributed by atoms with van der Waals surface area (Å²) in [5.74, 6) is -0.416. The maximum Gasteiger partial charge on any atom is 0.274 e. The van der Waals surface area contributed by atoms with Crippen molar-refractivity contribution in [2.75, 3.05) is 18.9 Å². The van der Waals surface area contributed by atoms with E-state index in [0.29, 0.717) is 12.1 Å². The van der Waals surface area contributed by atoms with Crippen molar-refractivity contribution in [1.82, 2.24) is 9.88 Å². The highest BCUT2D eigenvalue weighted by atomic mass is 16.2. The van der Waals surface area contributed by atoms with Gasteiger partial charge in [0, 0.05) is 31.0 Å². The lowest BCUT2D eigenvalue weighted by Crippen LogP contribution is -2.28. The minimum absolute atomic E-state index is 0.100. The van der Waals surface area contributed by atoms with E-state index >= 15 is 0 Å². The summed E-state index contributed by atoms with van der Waals surface area (Å²) >= 11 is 0. The van der Waals surface area contributed by atoms with Gasteiger partial charge in [0.2, 0.25) is 0 Å². The molecule has 2 aromatic rings. The minimum Gasteiger partial charge on any atom is -0.342 e. The molecule has 0 saturated carbocycles. The Morgan fingerprint density at radius 2 is 1.84 bits per heavy atom. The molecule has 2 rings (SSSR count). The van der Waals surface area contributed by atoms with Gasteiger partial charge in [-0.2, -0.15) is 0 Å². The first-order valence-electron chi connectivity index (χ1n) is 8.53. The normalized spacial score (nSPS) is 10.4. The van der Waals surface area contributed by atoms with Gasteiger partial charge in [-0.25, -0.2) is 0 Å². The van der Waals surface area contributed by atoms with Gasteiger partial charge in [-0.1, -0.05) is 31.5 Å².